The van der Waals surface area contributed by atoms with E-state index in [2.05, 4.69) is 0 Å². The summed E-state index contributed by atoms with van der Waals surface area (Å²) in [6.45, 7) is 6.08. The van der Waals surface area contributed by atoms with Crippen LogP contribution in [-0.2, 0) is 14.3 Å². The summed E-state index contributed by atoms with van der Waals surface area (Å²) >= 11 is 0. The van der Waals surface area contributed by atoms with Gasteiger partial charge in [-0.25, -0.2) is 0 Å². The number of hydrogen-bond donors (Lipinski definition) is 0. The van der Waals surface area contributed by atoms with Gasteiger partial charge in [-0.3, -0.25) is 0 Å². The van der Waals surface area contributed by atoms with Crippen molar-refractivity contribution in [2.45, 2.75) is 45.5 Å². The van der Waals surface area contributed by atoms with E-state index < -0.39 is 5.79 Å². The highest BCUT2D eigenvalue weighted by Gasteiger charge is 2.34. The lowest BCUT2D eigenvalue weighted by molar-refractivity contribution is -0.159. The van der Waals surface area contributed by atoms with Crippen LogP contribution in [0.25, 0.3) is 0 Å². The Bertz CT molecular complexity index is 179. The molecule has 70 valence electrons. The quantitative estimate of drug-likeness (QED) is 0.647. The van der Waals surface area contributed by atoms with Gasteiger partial charge in [-0.2, -0.15) is 0 Å². The second kappa shape index (κ2) is 3.54. The molecule has 1 aliphatic rings. The van der Waals surface area contributed by atoms with Gasteiger partial charge in [0.2, 0.25) is 0 Å². The summed E-state index contributed by atoms with van der Waals surface area (Å²) in [7, 11) is 0. The second-order valence-corrected chi connectivity index (χ2v) is 3.58. The van der Waals surface area contributed by atoms with Crippen LogP contribution in [0.3, 0.4) is 0 Å². The molecule has 1 heterocycles. The van der Waals surface area contributed by atoms with Crippen molar-refractivity contribution in [1.82, 2.24) is 0 Å². The molecule has 1 rings (SSSR count). The lowest BCUT2D eigenvalue weighted by Gasteiger charge is -2.21. The molecule has 0 amide bonds. The van der Waals surface area contributed by atoms with E-state index in [1.807, 2.05) is 13.8 Å². The SMILES string of the molecule is CC(=O)CCC1(C)OCC(C)O1. The van der Waals surface area contributed by atoms with E-state index in [4.69, 9.17) is 9.47 Å². The fourth-order valence-electron chi connectivity index (χ4n) is 1.32. The molecule has 0 N–H and O–H groups in total. The zero-order valence-electron chi connectivity index (χ0n) is 7.92. The number of Topliss-reactive ketones (excluding diaryl/α,β-unsaturated/α-hetero) is 1. The van der Waals surface area contributed by atoms with Crippen LogP contribution in [0.2, 0.25) is 0 Å². The maximum atomic E-state index is 10.7. The van der Waals surface area contributed by atoms with Gasteiger partial charge in [-0.15, -0.1) is 0 Å². The van der Waals surface area contributed by atoms with Crippen LogP contribution in [0.15, 0.2) is 0 Å². The van der Waals surface area contributed by atoms with Gasteiger partial charge in [-0.05, 0) is 20.8 Å². The lowest BCUT2D eigenvalue weighted by atomic mass is 10.1. The van der Waals surface area contributed by atoms with Crippen LogP contribution >= 0.6 is 0 Å². The Balaban J connectivity index is 2.35. The third kappa shape index (κ3) is 2.57. The van der Waals surface area contributed by atoms with Crippen LogP contribution in [0, 0.1) is 0 Å². The van der Waals surface area contributed by atoms with Gasteiger partial charge in [0.1, 0.15) is 5.78 Å². The monoisotopic (exact) mass is 172 g/mol. The van der Waals surface area contributed by atoms with Crippen LogP contribution < -0.4 is 0 Å². The molecule has 0 aromatic rings. The van der Waals surface area contributed by atoms with Crippen LogP contribution in [-0.4, -0.2) is 24.3 Å². The largest absolute Gasteiger partial charge is 0.348 e. The van der Waals surface area contributed by atoms with Crippen molar-refractivity contribution in [3.63, 3.8) is 0 Å². The highest BCUT2D eigenvalue weighted by molar-refractivity contribution is 5.75. The van der Waals surface area contributed by atoms with Gasteiger partial charge >= 0.3 is 0 Å². The summed E-state index contributed by atoms with van der Waals surface area (Å²) in [5, 5.41) is 0. The van der Waals surface area contributed by atoms with Crippen LogP contribution in [0.4, 0.5) is 0 Å². The molecule has 1 aliphatic heterocycles. The Morgan fingerprint density at radius 1 is 1.67 bits per heavy atom. The van der Waals surface area contributed by atoms with Crippen molar-refractivity contribution in [1.29, 1.82) is 0 Å². The number of ketones is 1. The van der Waals surface area contributed by atoms with Crippen molar-refractivity contribution in [3.05, 3.63) is 0 Å². The van der Waals surface area contributed by atoms with Crippen molar-refractivity contribution >= 4 is 5.78 Å². The Morgan fingerprint density at radius 2 is 2.33 bits per heavy atom. The summed E-state index contributed by atoms with van der Waals surface area (Å²) < 4.78 is 11.0. The molecule has 0 aromatic carbocycles. The average molecular weight is 172 g/mol. The van der Waals surface area contributed by atoms with Crippen LogP contribution in [0.1, 0.15) is 33.6 Å². The maximum Gasteiger partial charge on any atom is 0.166 e. The molecule has 12 heavy (non-hydrogen) atoms. The normalized spacial score (nSPS) is 35.4. The fourth-order valence-corrected chi connectivity index (χ4v) is 1.32. The number of ether oxygens (including phenoxy) is 2. The van der Waals surface area contributed by atoms with Crippen molar-refractivity contribution < 1.29 is 14.3 Å². The molecule has 2 unspecified atom stereocenters. The second-order valence-electron chi connectivity index (χ2n) is 3.58. The minimum absolute atomic E-state index is 0.155. The molecular formula is C9H16O3. The molecule has 3 nitrogen and oxygen atoms in total. The van der Waals surface area contributed by atoms with Gasteiger partial charge in [0.05, 0.1) is 12.7 Å². The lowest BCUT2D eigenvalue weighted by Crippen LogP contribution is -2.26. The van der Waals surface area contributed by atoms with E-state index in [-0.39, 0.29) is 11.9 Å². The fraction of sp³-hybridized carbons (Fsp3) is 0.889. The minimum atomic E-state index is -0.523. The standard InChI is InChI=1S/C9H16O3/c1-7(10)4-5-9(3)11-6-8(2)12-9/h8H,4-6H2,1-3H3. The first kappa shape index (κ1) is 9.68. The number of carbonyl (C=O) groups excluding carboxylic acids is 1. The van der Waals surface area contributed by atoms with Gasteiger partial charge in [-0.1, -0.05) is 0 Å². The average Bonchev–Trinajstić information content (AvgIpc) is 2.29. The molecule has 0 radical (unpaired) electrons. The van der Waals surface area contributed by atoms with Crippen molar-refractivity contribution in [3.8, 4) is 0 Å². The predicted molar refractivity (Wildman–Crippen MR) is 44.8 cm³/mol. The summed E-state index contributed by atoms with van der Waals surface area (Å²) in [5.41, 5.74) is 0. The van der Waals surface area contributed by atoms with Gasteiger partial charge < -0.3 is 14.3 Å². The summed E-state index contributed by atoms with van der Waals surface area (Å²) in [5.74, 6) is -0.339. The van der Waals surface area contributed by atoms with E-state index in [0.717, 1.165) is 0 Å². The number of carbonyl (C=O) groups is 1. The molecule has 3 heteroatoms. The third-order valence-electron chi connectivity index (χ3n) is 2.01. The van der Waals surface area contributed by atoms with E-state index in [1.54, 1.807) is 6.92 Å². The Hall–Kier alpha value is -0.410. The van der Waals surface area contributed by atoms with Gasteiger partial charge in [0.25, 0.3) is 0 Å². The molecule has 0 aliphatic carbocycles. The molecule has 1 fully saturated rings. The summed E-state index contributed by atoms with van der Waals surface area (Å²) in [4.78, 5) is 10.7. The Labute approximate surface area is 73.0 Å². The van der Waals surface area contributed by atoms with Crippen molar-refractivity contribution in [2.24, 2.45) is 0 Å². The Morgan fingerprint density at radius 3 is 2.75 bits per heavy atom. The molecule has 1 saturated heterocycles. The molecular weight excluding hydrogens is 156 g/mol. The minimum Gasteiger partial charge on any atom is -0.348 e. The molecule has 0 bridgehead atoms. The summed E-state index contributed by atoms with van der Waals surface area (Å²) in [6, 6.07) is 0. The highest BCUT2D eigenvalue weighted by atomic mass is 16.7. The van der Waals surface area contributed by atoms with E-state index >= 15 is 0 Å². The molecule has 0 aromatic heterocycles. The third-order valence-corrected chi connectivity index (χ3v) is 2.01. The first-order chi connectivity index (χ1) is 5.52. The van der Waals surface area contributed by atoms with E-state index in [1.165, 1.54) is 0 Å². The molecule has 0 spiro atoms. The van der Waals surface area contributed by atoms with Gasteiger partial charge in [0.15, 0.2) is 5.79 Å². The van der Waals surface area contributed by atoms with E-state index in [9.17, 15) is 4.79 Å². The first-order valence-electron chi connectivity index (χ1n) is 4.33. The Kier molecular flexibility index (Phi) is 2.85. The highest BCUT2D eigenvalue weighted by Crippen LogP contribution is 2.27. The molecule has 0 saturated carbocycles. The molecule has 2 atom stereocenters. The maximum absolute atomic E-state index is 10.7. The van der Waals surface area contributed by atoms with E-state index in [0.29, 0.717) is 19.4 Å². The predicted octanol–water partition coefficient (Wildman–Crippen LogP) is 1.51. The van der Waals surface area contributed by atoms with Crippen molar-refractivity contribution in [2.75, 3.05) is 6.61 Å². The van der Waals surface area contributed by atoms with Gasteiger partial charge in [0, 0.05) is 12.8 Å². The van der Waals surface area contributed by atoms with Crippen LogP contribution in [0.5, 0.6) is 0 Å². The number of rotatable bonds is 3. The zero-order valence-corrected chi connectivity index (χ0v) is 7.92. The zero-order chi connectivity index (χ0) is 9.19. The summed E-state index contributed by atoms with van der Waals surface area (Å²) in [6.07, 6.45) is 1.34. The first-order valence-corrected chi connectivity index (χ1v) is 4.33. The smallest absolute Gasteiger partial charge is 0.166 e. The number of hydrogen-bond acceptors (Lipinski definition) is 3. The topological polar surface area (TPSA) is 35.5 Å².